The molecule has 0 bridgehead atoms. The molecule has 0 radical (unpaired) electrons. The van der Waals surface area contributed by atoms with Crippen LogP contribution in [0.3, 0.4) is 0 Å². The van der Waals surface area contributed by atoms with Gasteiger partial charge >= 0.3 is 0 Å². The third-order valence-electron chi connectivity index (χ3n) is 5.12. The van der Waals surface area contributed by atoms with Crippen LogP contribution in [-0.4, -0.2) is 25.4 Å². The molecule has 1 aromatic heterocycles. The number of aromatic nitrogens is 1. The molecule has 2 N–H and O–H groups in total. The van der Waals surface area contributed by atoms with Crippen molar-refractivity contribution in [3.63, 3.8) is 0 Å². The molecule has 0 fully saturated rings. The van der Waals surface area contributed by atoms with Crippen LogP contribution < -0.4 is 10.0 Å². The van der Waals surface area contributed by atoms with Gasteiger partial charge in [-0.3, -0.25) is 9.78 Å². The van der Waals surface area contributed by atoms with Crippen molar-refractivity contribution in [3.05, 3.63) is 108 Å². The van der Waals surface area contributed by atoms with E-state index in [4.69, 9.17) is 0 Å². The minimum Gasteiger partial charge on any atom is -0.351 e. The summed E-state index contributed by atoms with van der Waals surface area (Å²) in [6.07, 6.45) is 3.54. The SMILES string of the molecule is O=C(NCc1cccnc1)C(Cc1ccccc1)NS(=O)(=O)c1ccc2ccccc2c1. The summed E-state index contributed by atoms with van der Waals surface area (Å²) in [5.41, 5.74) is 1.69. The van der Waals surface area contributed by atoms with Gasteiger partial charge in [0, 0.05) is 18.9 Å². The van der Waals surface area contributed by atoms with E-state index in [-0.39, 0.29) is 17.9 Å². The number of fused-ring (bicyclic) bond motifs is 1. The van der Waals surface area contributed by atoms with Crippen LogP contribution in [-0.2, 0) is 27.8 Å². The van der Waals surface area contributed by atoms with Crippen LogP contribution >= 0.6 is 0 Å². The standard InChI is InChI=1S/C25H23N3O3S/c29-25(27-18-20-9-6-14-26-17-20)24(15-19-7-2-1-3-8-19)28-32(30,31)23-13-12-21-10-4-5-11-22(21)16-23/h1-14,16-17,24,28H,15,18H2,(H,27,29). The van der Waals surface area contributed by atoms with Gasteiger partial charge in [-0.1, -0.05) is 66.7 Å². The summed E-state index contributed by atoms with van der Waals surface area (Å²) in [5.74, 6) is -0.401. The Labute approximate surface area is 187 Å². The number of pyridine rings is 1. The second kappa shape index (κ2) is 9.72. The van der Waals surface area contributed by atoms with Crippen LogP contribution in [0.5, 0.6) is 0 Å². The molecule has 1 atom stereocenters. The number of amides is 1. The van der Waals surface area contributed by atoms with E-state index >= 15 is 0 Å². The number of nitrogens with zero attached hydrogens (tertiary/aromatic N) is 1. The molecular weight excluding hydrogens is 422 g/mol. The average Bonchev–Trinajstić information content (AvgIpc) is 2.83. The van der Waals surface area contributed by atoms with Crippen LogP contribution in [0.4, 0.5) is 0 Å². The van der Waals surface area contributed by atoms with Crippen LogP contribution in [0.2, 0.25) is 0 Å². The van der Waals surface area contributed by atoms with Crippen molar-refractivity contribution in [2.24, 2.45) is 0 Å². The van der Waals surface area contributed by atoms with Crippen molar-refractivity contribution >= 4 is 26.7 Å². The first-order valence-corrected chi connectivity index (χ1v) is 11.7. The highest BCUT2D eigenvalue weighted by Crippen LogP contribution is 2.19. The van der Waals surface area contributed by atoms with E-state index in [2.05, 4.69) is 15.0 Å². The van der Waals surface area contributed by atoms with E-state index in [0.29, 0.717) is 0 Å². The Bertz CT molecular complexity index is 1310. The molecule has 3 aromatic carbocycles. The van der Waals surface area contributed by atoms with Gasteiger partial charge in [0.1, 0.15) is 6.04 Å². The van der Waals surface area contributed by atoms with Crippen molar-refractivity contribution in [3.8, 4) is 0 Å². The lowest BCUT2D eigenvalue weighted by molar-refractivity contribution is -0.122. The number of hydrogen-bond acceptors (Lipinski definition) is 4. The second-order valence-corrected chi connectivity index (χ2v) is 9.17. The fraction of sp³-hybridized carbons (Fsp3) is 0.120. The number of sulfonamides is 1. The second-order valence-electron chi connectivity index (χ2n) is 7.45. The number of benzene rings is 3. The Morgan fingerprint density at radius 1 is 0.844 bits per heavy atom. The molecule has 4 aromatic rings. The summed E-state index contributed by atoms with van der Waals surface area (Å²) in [4.78, 5) is 17.1. The molecule has 1 unspecified atom stereocenters. The van der Waals surface area contributed by atoms with Gasteiger partial charge in [-0.05, 0) is 46.5 Å². The van der Waals surface area contributed by atoms with Gasteiger partial charge in [0.15, 0.2) is 0 Å². The molecule has 7 heteroatoms. The summed E-state index contributed by atoms with van der Waals surface area (Å²) in [6, 6.07) is 24.5. The van der Waals surface area contributed by atoms with Crippen LogP contribution in [0.1, 0.15) is 11.1 Å². The summed E-state index contributed by atoms with van der Waals surface area (Å²) in [6.45, 7) is 0.260. The maximum Gasteiger partial charge on any atom is 0.241 e. The van der Waals surface area contributed by atoms with Crippen molar-refractivity contribution in [2.45, 2.75) is 23.9 Å². The van der Waals surface area contributed by atoms with Crippen LogP contribution in [0, 0.1) is 0 Å². The first-order chi connectivity index (χ1) is 15.5. The lowest BCUT2D eigenvalue weighted by Gasteiger charge is -2.19. The highest BCUT2D eigenvalue weighted by molar-refractivity contribution is 7.89. The van der Waals surface area contributed by atoms with Crippen LogP contribution in [0.15, 0.2) is 102 Å². The van der Waals surface area contributed by atoms with E-state index in [1.807, 2.05) is 60.7 Å². The lowest BCUT2D eigenvalue weighted by Crippen LogP contribution is -2.47. The Morgan fingerprint density at radius 2 is 1.56 bits per heavy atom. The minimum atomic E-state index is -3.92. The number of carbonyl (C=O) groups is 1. The zero-order valence-corrected chi connectivity index (χ0v) is 18.1. The molecule has 6 nitrogen and oxygen atoms in total. The molecule has 0 saturated carbocycles. The molecule has 0 aliphatic heterocycles. The summed E-state index contributed by atoms with van der Waals surface area (Å²) in [7, 11) is -3.92. The monoisotopic (exact) mass is 445 g/mol. The zero-order valence-electron chi connectivity index (χ0n) is 17.3. The molecule has 0 aliphatic carbocycles. The number of rotatable bonds is 8. The number of nitrogens with one attached hydrogen (secondary N) is 2. The number of carbonyl (C=O) groups excluding carboxylic acids is 1. The van der Waals surface area contributed by atoms with Gasteiger partial charge in [0.05, 0.1) is 4.90 Å². The Hall–Kier alpha value is -3.55. The zero-order chi connectivity index (χ0) is 22.4. The molecule has 0 saturated heterocycles. The predicted octanol–water partition coefficient (Wildman–Crippen LogP) is 3.44. The molecular formula is C25H23N3O3S. The predicted molar refractivity (Wildman–Crippen MR) is 124 cm³/mol. The van der Waals surface area contributed by atoms with Crippen molar-refractivity contribution in [2.75, 3.05) is 0 Å². The summed E-state index contributed by atoms with van der Waals surface area (Å²) < 4.78 is 28.9. The minimum absolute atomic E-state index is 0.120. The normalized spacial score (nSPS) is 12.4. The Kier molecular flexibility index (Phi) is 6.58. The summed E-state index contributed by atoms with van der Waals surface area (Å²) >= 11 is 0. The lowest BCUT2D eigenvalue weighted by atomic mass is 10.1. The molecule has 0 spiro atoms. The van der Waals surface area contributed by atoms with Gasteiger partial charge < -0.3 is 5.32 Å². The maximum absolute atomic E-state index is 13.2. The van der Waals surface area contributed by atoms with E-state index in [9.17, 15) is 13.2 Å². The average molecular weight is 446 g/mol. The maximum atomic E-state index is 13.2. The third-order valence-corrected chi connectivity index (χ3v) is 6.59. The van der Waals surface area contributed by atoms with Gasteiger partial charge in [-0.25, -0.2) is 8.42 Å². The van der Waals surface area contributed by atoms with E-state index in [1.54, 1.807) is 36.7 Å². The first kappa shape index (κ1) is 21.7. The quantitative estimate of drug-likeness (QED) is 0.435. The molecule has 1 amide bonds. The topological polar surface area (TPSA) is 88.2 Å². The molecule has 162 valence electrons. The van der Waals surface area contributed by atoms with E-state index in [0.717, 1.165) is 21.9 Å². The molecule has 0 aliphatic rings. The molecule has 32 heavy (non-hydrogen) atoms. The van der Waals surface area contributed by atoms with Gasteiger partial charge in [0.25, 0.3) is 0 Å². The smallest absolute Gasteiger partial charge is 0.241 e. The van der Waals surface area contributed by atoms with E-state index in [1.165, 1.54) is 0 Å². The highest BCUT2D eigenvalue weighted by atomic mass is 32.2. The van der Waals surface area contributed by atoms with E-state index < -0.39 is 22.0 Å². The first-order valence-electron chi connectivity index (χ1n) is 10.2. The van der Waals surface area contributed by atoms with Crippen molar-refractivity contribution < 1.29 is 13.2 Å². The van der Waals surface area contributed by atoms with Gasteiger partial charge in [0.2, 0.25) is 15.9 Å². The Morgan fingerprint density at radius 3 is 2.31 bits per heavy atom. The molecule has 1 heterocycles. The fourth-order valence-corrected chi connectivity index (χ4v) is 4.67. The van der Waals surface area contributed by atoms with Gasteiger partial charge in [-0.2, -0.15) is 4.72 Å². The Balaban J connectivity index is 1.57. The highest BCUT2D eigenvalue weighted by Gasteiger charge is 2.26. The fourth-order valence-electron chi connectivity index (χ4n) is 3.44. The van der Waals surface area contributed by atoms with Crippen LogP contribution in [0.25, 0.3) is 10.8 Å². The van der Waals surface area contributed by atoms with Crippen molar-refractivity contribution in [1.29, 1.82) is 0 Å². The number of hydrogen-bond donors (Lipinski definition) is 2. The van der Waals surface area contributed by atoms with Gasteiger partial charge in [-0.15, -0.1) is 0 Å². The largest absolute Gasteiger partial charge is 0.351 e. The van der Waals surface area contributed by atoms with Crippen molar-refractivity contribution in [1.82, 2.24) is 15.0 Å². The molecule has 4 rings (SSSR count). The third kappa shape index (κ3) is 5.38. The summed E-state index contributed by atoms with van der Waals surface area (Å²) in [5, 5.41) is 4.58.